The van der Waals surface area contributed by atoms with E-state index in [-0.39, 0.29) is 0 Å². The topological polar surface area (TPSA) is 24.9 Å². The maximum absolute atomic E-state index is 4.72. The third kappa shape index (κ3) is 2.55. The highest BCUT2D eigenvalue weighted by molar-refractivity contribution is 5.78. The lowest BCUT2D eigenvalue weighted by Gasteiger charge is -2.11. The van der Waals surface area contributed by atoms with Gasteiger partial charge >= 0.3 is 0 Å². The fourth-order valence-electron chi connectivity index (χ4n) is 3.16. The molecule has 0 radical (unpaired) electrons. The number of para-hydroxylation sites is 1. The standard InChI is InChI=1S/C19H18N2/c1-2-7-16-12-18(11-15(16)6-1)20-13-17-10-9-14-5-3-4-8-19(14)21-17/h1-10,18,20H,11-13H2. The first-order valence-electron chi connectivity index (χ1n) is 7.53. The van der Waals surface area contributed by atoms with E-state index in [0.717, 1.165) is 30.6 Å². The lowest BCUT2D eigenvalue weighted by atomic mass is 10.1. The van der Waals surface area contributed by atoms with E-state index in [1.807, 2.05) is 6.07 Å². The van der Waals surface area contributed by atoms with Gasteiger partial charge in [0.05, 0.1) is 11.2 Å². The van der Waals surface area contributed by atoms with Gasteiger partial charge in [-0.15, -0.1) is 0 Å². The van der Waals surface area contributed by atoms with E-state index in [1.54, 1.807) is 0 Å². The summed E-state index contributed by atoms with van der Waals surface area (Å²) in [6.07, 6.45) is 2.26. The minimum Gasteiger partial charge on any atom is -0.308 e. The molecule has 1 heterocycles. The fraction of sp³-hybridized carbons (Fsp3) is 0.211. The van der Waals surface area contributed by atoms with Crippen molar-refractivity contribution >= 4 is 10.9 Å². The normalized spacial score (nSPS) is 14.5. The summed E-state index contributed by atoms with van der Waals surface area (Å²) in [5.74, 6) is 0. The molecule has 0 fully saturated rings. The molecule has 2 nitrogen and oxygen atoms in total. The van der Waals surface area contributed by atoms with Gasteiger partial charge < -0.3 is 5.32 Å². The number of hydrogen-bond donors (Lipinski definition) is 1. The van der Waals surface area contributed by atoms with Crippen LogP contribution in [0.3, 0.4) is 0 Å². The van der Waals surface area contributed by atoms with Gasteiger partial charge in [0.2, 0.25) is 0 Å². The number of nitrogens with one attached hydrogen (secondary N) is 1. The van der Waals surface area contributed by atoms with Crippen LogP contribution in [0, 0.1) is 0 Å². The van der Waals surface area contributed by atoms with Gasteiger partial charge in [-0.05, 0) is 36.1 Å². The predicted molar refractivity (Wildman–Crippen MR) is 86.2 cm³/mol. The van der Waals surface area contributed by atoms with Crippen LogP contribution < -0.4 is 5.32 Å². The molecule has 1 aliphatic carbocycles. The third-order valence-corrected chi connectivity index (χ3v) is 4.28. The third-order valence-electron chi connectivity index (χ3n) is 4.28. The number of aromatic nitrogens is 1. The van der Waals surface area contributed by atoms with Crippen molar-refractivity contribution in [2.45, 2.75) is 25.4 Å². The summed E-state index contributed by atoms with van der Waals surface area (Å²) >= 11 is 0. The second kappa shape index (κ2) is 5.30. The Balaban J connectivity index is 1.45. The molecule has 0 amide bonds. The van der Waals surface area contributed by atoms with Crippen molar-refractivity contribution in [1.82, 2.24) is 10.3 Å². The second-order valence-electron chi connectivity index (χ2n) is 5.75. The molecule has 0 atom stereocenters. The zero-order valence-corrected chi connectivity index (χ0v) is 11.9. The maximum atomic E-state index is 4.72. The van der Waals surface area contributed by atoms with Crippen LogP contribution in [0.5, 0.6) is 0 Å². The zero-order valence-electron chi connectivity index (χ0n) is 11.9. The number of fused-ring (bicyclic) bond motifs is 2. The molecule has 2 heteroatoms. The molecule has 0 saturated carbocycles. The minimum atomic E-state index is 0.538. The Labute approximate surface area is 124 Å². The largest absolute Gasteiger partial charge is 0.308 e. The lowest BCUT2D eigenvalue weighted by molar-refractivity contribution is 0.528. The van der Waals surface area contributed by atoms with E-state index in [1.165, 1.54) is 16.5 Å². The highest BCUT2D eigenvalue weighted by atomic mass is 14.9. The fourth-order valence-corrected chi connectivity index (χ4v) is 3.16. The number of nitrogens with zero attached hydrogens (tertiary/aromatic N) is 1. The highest BCUT2D eigenvalue weighted by Crippen LogP contribution is 2.22. The van der Waals surface area contributed by atoms with E-state index < -0.39 is 0 Å². The summed E-state index contributed by atoms with van der Waals surface area (Å²) in [7, 11) is 0. The van der Waals surface area contributed by atoms with Crippen LogP contribution in [0.4, 0.5) is 0 Å². The number of pyridine rings is 1. The van der Waals surface area contributed by atoms with E-state index >= 15 is 0 Å². The number of hydrogen-bond acceptors (Lipinski definition) is 2. The molecule has 4 rings (SSSR count). The molecular formula is C19H18N2. The van der Waals surface area contributed by atoms with Gasteiger partial charge in [-0.25, -0.2) is 0 Å². The van der Waals surface area contributed by atoms with Crippen LogP contribution in [0.15, 0.2) is 60.7 Å². The minimum absolute atomic E-state index is 0.538. The predicted octanol–water partition coefficient (Wildman–Crippen LogP) is 3.49. The van der Waals surface area contributed by atoms with Crippen LogP contribution >= 0.6 is 0 Å². The first kappa shape index (κ1) is 12.5. The highest BCUT2D eigenvalue weighted by Gasteiger charge is 2.20. The van der Waals surface area contributed by atoms with E-state index in [0.29, 0.717) is 6.04 Å². The van der Waals surface area contributed by atoms with Gasteiger partial charge in [0.15, 0.2) is 0 Å². The Bertz CT molecular complexity index is 754. The smallest absolute Gasteiger partial charge is 0.0705 e. The van der Waals surface area contributed by atoms with Gasteiger partial charge in [-0.2, -0.15) is 0 Å². The number of rotatable bonds is 3. The van der Waals surface area contributed by atoms with Crippen molar-refractivity contribution in [2.24, 2.45) is 0 Å². The molecule has 1 aliphatic rings. The van der Waals surface area contributed by atoms with Crippen molar-refractivity contribution in [3.8, 4) is 0 Å². The molecule has 0 saturated heterocycles. The molecule has 0 unspecified atom stereocenters. The molecular weight excluding hydrogens is 256 g/mol. The molecule has 1 aromatic heterocycles. The van der Waals surface area contributed by atoms with Crippen LogP contribution in [-0.2, 0) is 19.4 Å². The van der Waals surface area contributed by atoms with Gasteiger partial charge in [-0.1, -0.05) is 48.5 Å². The van der Waals surface area contributed by atoms with Gasteiger partial charge in [-0.3, -0.25) is 4.98 Å². The summed E-state index contributed by atoms with van der Waals surface area (Å²) in [5, 5.41) is 4.85. The van der Waals surface area contributed by atoms with Crippen molar-refractivity contribution in [3.05, 3.63) is 77.5 Å². The van der Waals surface area contributed by atoms with Crippen LogP contribution in [0.1, 0.15) is 16.8 Å². The van der Waals surface area contributed by atoms with Crippen molar-refractivity contribution in [2.75, 3.05) is 0 Å². The Morgan fingerprint density at radius 2 is 1.57 bits per heavy atom. The van der Waals surface area contributed by atoms with E-state index in [2.05, 4.69) is 59.9 Å². The summed E-state index contributed by atoms with van der Waals surface area (Å²) in [6.45, 7) is 0.837. The summed E-state index contributed by atoms with van der Waals surface area (Å²) in [5.41, 5.74) is 5.17. The number of benzene rings is 2. The Hall–Kier alpha value is -2.19. The summed E-state index contributed by atoms with van der Waals surface area (Å²) < 4.78 is 0. The molecule has 0 bridgehead atoms. The molecule has 0 aliphatic heterocycles. The average Bonchev–Trinajstić information content (AvgIpc) is 2.95. The first-order valence-corrected chi connectivity index (χ1v) is 7.53. The Morgan fingerprint density at radius 1 is 0.857 bits per heavy atom. The van der Waals surface area contributed by atoms with Crippen LogP contribution in [0.25, 0.3) is 10.9 Å². The molecule has 104 valence electrons. The van der Waals surface area contributed by atoms with Gasteiger partial charge in [0.1, 0.15) is 0 Å². The first-order chi connectivity index (χ1) is 10.4. The molecule has 0 spiro atoms. The quantitative estimate of drug-likeness (QED) is 0.791. The Kier molecular flexibility index (Phi) is 3.17. The molecule has 1 N–H and O–H groups in total. The van der Waals surface area contributed by atoms with Crippen molar-refractivity contribution in [1.29, 1.82) is 0 Å². The second-order valence-corrected chi connectivity index (χ2v) is 5.75. The van der Waals surface area contributed by atoms with E-state index in [9.17, 15) is 0 Å². The summed E-state index contributed by atoms with van der Waals surface area (Å²) in [4.78, 5) is 4.72. The molecule has 2 aromatic carbocycles. The summed E-state index contributed by atoms with van der Waals surface area (Å²) in [6, 6.07) is 21.8. The van der Waals surface area contributed by atoms with Crippen molar-refractivity contribution < 1.29 is 0 Å². The molecule has 3 aromatic rings. The maximum Gasteiger partial charge on any atom is 0.0705 e. The van der Waals surface area contributed by atoms with E-state index in [4.69, 9.17) is 4.98 Å². The monoisotopic (exact) mass is 274 g/mol. The van der Waals surface area contributed by atoms with Crippen LogP contribution in [-0.4, -0.2) is 11.0 Å². The van der Waals surface area contributed by atoms with Crippen molar-refractivity contribution in [3.63, 3.8) is 0 Å². The van der Waals surface area contributed by atoms with Gasteiger partial charge in [0, 0.05) is 18.0 Å². The molecule has 21 heavy (non-hydrogen) atoms. The lowest BCUT2D eigenvalue weighted by Crippen LogP contribution is -2.29. The Morgan fingerprint density at radius 3 is 2.38 bits per heavy atom. The zero-order chi connectivity index (χ0) is 14.1. The average molecular weight is 274 g/mol. The van der Waals surface area contributed by atoms with Gasteiger partial charge in [0.25, 0.3) is 0 Å². The SMILES string of the molecule is c1ccc2c(c1)CC(NCc1ccc3ccccc3n1)C2. The van der Waals surface area contributed by atoms with Crippen LogP contribution in [0.2, 0.25) is 0 Å².